The second-order valence-corrected chi connectivity index (χ2v) is 10.9. The lowest BCUT2D eigenvalue weighted by molar-refractivity contribution is -0.136. The zero-order valence-electron chi connectivity index (χ0n) is 26.7. The molecule has 0 aliphatic carbocycles. The number of aryl methyl sites for hydroxylation is 1. The number of benzene rings is 3. The first-order valence-corrected chi connectivity index (χ1v) is 14.9. The zero-order chi connectivity index (χ0) is 34.5. The van der Waals surface area contributed by atoms with Crippen LogP contribution in [0.4, 0.5) is 17.1 Å². The number of nitrogens with zero attached hydrogens (tertiary/aromatic N) is 3. The fourth-order valence-electron chi connectivity index (χ4n) is 5.42. The van der Waals surface area contributed by atoms with Crippen LogP contribution in [0.3, 0.4) is 0 Å². The molecule has 1 unspecified atom stereocenters. The molecule has 0 saturated carbocycles. The third-order valence-corrected chi connectivity index (χ3v) is 8.04. The lowest BCUT2D eigenvalue weighted by Gasteiger charge is -2.39. The maximum Gasteiger partial charge on any atom is 0.337 e. The van der Waals surface area contributed by atoms with Crippen molar-refractivity contribution in [2.75, 3.05) is 43.9 Å². The molecule has 0 saturated heterocycles. The second-order valence-electron chi connectivity index (χ2n) is 10.5. The van der Waals surface area contributed by atoms with Gasteiger partial charge in [-0.05, 0) is 48.9 Å². The number of hydrogen-bond donors (Lipinski definition) is 2. The average Bonchev–Trinajstić information content (AvgIpc) is 3.11. The number of halogens is 1. The van der Waals surface area contributed by atoms with Crippen molar-refractivity contribution in [3.63, 3.8) is 0 Å². The summed E-state index contributed by atoms with van der Waals surface area (Å²) in [7, 11) is 5.59. The molecule has 48 heavy (non-hydrogen) atoms. The molecule has 1 atom stereocenters. The number of hydrogen-bond acceptors (Lipinski definition) is 11. The molecule has 12 nitrogen and oxygen atoms in total. The molecule has 1 amide bonds. The first-order chi connectivity index (χ1) is 23.1. The van der Waals surface area contributed by atoms with Crippen LogP contribution in [0, 0.1) is 12.1 Å². The van der Waals surface area contributed by atoms with Crippen molar-refractivity contribution in [2.45, 2.75) is 12.8 Å². The van der Waals surface area contributed by atoms with Crippen LogP contribution in [0.2, 0.25) is 5.15 Å². The molecule has 5 rings (SSSR count). The number of ether oxygens (including phenoxy) is 4. The summed E-state index contributed by atoms with van der Waals surface area (Å²) in [6, 6.07) is 20.0. The summed E-state index contributed by atoms with van der Waals surface area (Å²) in [5, 5.41) is 25.4. The molecule has 0 spiro atoms. The van der Waals surface area contributed by atoms with Gasteiger partial charge in [0.2, 0.25) is 0 Å². The van der Waals surface area contributed by atoms with E-state index in [0.29, 0.717) is 28.3 Å². The van der Waals surface area contributed by atoms with Crippen LogP contribution >= 0.6 is 11.6 Å². The van der Waals surface area contributed by atoms with E-state index in [1.54, 1.807) is 42.5 Å². The summed E-state index contributed by atoms with van der Waals surface area (Å²) in [4.78, 5) is 34.0. The molecule has 0 bridgehead atoms. The van der Waals surface area contributed by atoms with Crippen molar-refractivity contribution in [1.29, 1.82) is 0 Å². The molecule has 3 aromatic carbocycles. The molecule has 1 aliphatic rings. The Morgan fingerprint density at radius 2 is 1.65 bits per heavy atom. The first-order valence-electron chi connectivity index (χ1n) is 14.5. The van der Waals surface area contributed by atoms with E-state index in [2.05, 4.69) is 10.3 Å². The van der Waals surface area contributed by atoms with Crippen molar-refractivity contribution in [2.24, 2.45) is 0 Å². The van der Waals surface area contributed by atoms with Gasteiger partial charge in [-0.15, -0.1) is 0 Å². The molecule has 1 aromatic heterocycles. The average molecular weight is 672 g/mol. The minimum atomic E-state index is -0.935. The van der Waals surface area contributed by atoms with Crippen LogP contribution < -0.4 is 29.7 Å². The molecular formula is C35H32ClN4O8-. The van der Waals surface area contributed by atoms with E-state index in [0.717, 1.165) is 5.56 Å². The van der Waals surface area contributed by atoms with Gasteiger partial charge in [-0.2, -0.15) is 0 Å². The molecule has 0 fully saturated rings. The van der Waals surface area contributed by atoms with Gasteiger partial charge in [0.15, 0.2) is 5.15 Å². The highest BCUT2D eigenvalue weighted by molar-refractivity contribution is 6.33. The van der Waals surface area contributed by atoms with Gasteiger partial charge in [0.25, 0.3) is 5.91 Å². The highest BCUT2D eigenvalue weighted by atomic mass is 35.5. The summed E-state index contributed by atoms with van der Waals surface area (Å²) in [6.07, 6.45) is 3.22. The summed E-state index contributed by atoms with van der Waals surface area (Å²) in [5.74, 6) is -1.44. The Bertz CT molecular complexity index is 1910. The molecule has 2 heterocycles. The van der Waals surface area contributed by atoms with E-state index in [-0.39, 0.29) is 44.5 Å². The van der Waals surface area contributed by atoms with Crippen LogP contribution in [0.5, 0.6) is 17.2 Å². The summed E-state index contributed by atoms with van der Waals surface area (Å²) in [5.41, 5.74) is 2.08. The monoisotopic (exact) mass is 671 g/mol. The van der Waals surface area contributed by atoms with Crippen molar-refractivity contribution in [1.82, 2.24) is 4.98 Å². The summed E-state index contributed by atoms with van der Waals surface area (Å²) in [6.45, 7) is 1.93. The maximum atomic E-state index is 14.6. The van der Waals surface area contributed by atoms with Gasteiger partial charge in [-0.3, -0.25) is 10.0 Å². The Hall–Kier alpha value is -5.56. The SMILES string of the molecule is COC(=O)C1=C(C(=O)Nc2cccnc2Cl)N(c2ccc(OC)cc2N([O-])O)C(c2ccc(C)cc2)=CC1c1ccc(OC)cc1OC. The minimum absolute atomic E-state index is 0.00216. The van der Waals surface area contributed by atoms with Gasteiger partial charge in [0.1, 0.15) is 22.9 Å². The normalized spacial score (nSPS) is 14.2. The number of pyridine rings is 1. The van der Waals surface area contributed by atoms with Gasteiger partial charge in [0, 0.05) is 29.8 Å². The number of amides is 1. The third-order valence-electron chi connectivity index (χ3n) is 7.74. The van der Waals surface area contributed by atoms with Crippen molar-refractivity contribution in [3.05, 3.63) is 123 Å². The Morgan fingerprint density at radius 3 is 2.27 bits per heavy atom. The number of aromatic nitrogens is 1. The van der Waals surface area contributed by atoms with Crippen LogP contribution in [-0.2, 0) is 14.3 Å². The Morgan fingerprint density at radius 1 is 0.958 bits per heavy atom. The van der Waals surface area contributed by atoms with Crippen LogP contribution in [-0.4, -0.2) is 50.5 Å². The third kappa shape index (κ3) is 6.63. The van der Waals surface area contributed by atoms with E-state index < -0.39 is 17.8 Å². The molecule has 13 heteroatoms. The number of carbonyl (C=O) groups excluding carboxylic acids is 2. The van der Waals surface area contributed by atoms with E-state index in [1.807, 2.05) is 31.2 Å². The largest absolute Gasteiger partial charge is 0.733 e. The van der Waals surface area contributed by atoms with Gasteiger partial charge in [-0.25, -0.2) is 9.78 Å². The van der Waals surface area contributed by atoms with E-state index >= 15 is 0 Å². The fourth-order valence-corrected chi connectivity index (χ4v) is 5.58. The smallest absolute Gasteiger partial charge is 0.337 e. The molecule has 4 aromatic rings. The van der Waals surface area contributed by atoms with E-state index in [9.17, 15) is 20.0 Å². The van der Waals surface area contributed by atoms with Crippen molar-refractivity contribution in [3.8, 4) is 17.2 Å². The Balaban J connectivity index is 1.91. The van der Waals surface area contributed by atoms with Crippen LogP contribution in [0.25, 0.3) is 5.70 Å². The van der Waals surface area contributed by atoms with Crippen molar-refractivity contribution >= 4 is 46.2 Å². The molecule has 248 valence electrons. The Kier molecular flexibility index (Phi) is 10.2. The summed E-state index contributed by atoms with van der Waals surface area (Å²) >= 11 is 6.34. The number of nitrogens with one attached hydrogen (secondary N) is 1. The quantitative estimate of drug-likeness (QED) is 0.109. The highest BCUT2D eigenvalue weighted by Crippen LogP contribution is 2.48. The number of allylic oxidation sites excluding steroid dienone is 1. The maximum absolute atomic E-state index is 14.6. The van der Waals surface area contributed by atoms with E-state index in [4.69, 9.17) is 30.5 Å². The van der Waals surface area contributed by atoms with E-state index in [1.165, 1.54) is 51.7 Å². The van der Waals surface area contributed by atoms with Gasteiger partial charge >= 0.3 is 5.97 Å². The summed E-state index contributed by atoms with van der Waals surface area (Å²) < 4.78 is 21.7. The van der Waals surface area contributed by atoms with Crippen molar-refractivity contribution < 1.29 is 33.7 Å². The fraction of sp³-hybridized carbons (Fsp3) is 0.171. The lowest BCUT2D eigenvalue weighted by atomic mass is 9.83. The Labute approximate surface area is 281 Å². The first kappa shape index (κ1) is 33.8. The lowest BCUT2D eigenvalue weighted by Crippen LogP contribution is -2.38. The van der Waals surface area contributed by atoms with Gasteiger partial charge in [-0.1, -0.05) is 47.5 Å². The molecule has 1 aliphatic heterocycles. The standard InChI is InChI=1S/C35H32ClN4O8/c1-20-8-10-21(11-9-20)28-19-25(24-14-12-23(46-3)18-30(24)47-4)31(35(42)48-5)32(34(41)38-26-7-6-16-37-33(26)36)39(28)27-15-13-22(45-2)17-29(27)40(43)44/h6-19,25,43H,1-5H3,(H,38,41)/q-1. The molecule has 2 N–H and O–H groups in total. The van der Waals surface area contributed by atoms with Crippen LogP contribution in [0.1, 0.15) is 22.6 Å². The topological polar surface area (TPSA) is 146 Å². The predicted octanol–water partition coefficient (Wildman–Crippen LogP) is 6.47. The minimum Gasteiger partial charge on any atom is -0.733 e. The molecule has 0 radical (unpaired) electrons. The molecular weight excluding hydrogens is 640 g/mol. The number of methoxy groups -OCH3 is 4. The van der Waals surface area contributed by atoms with Crippen LogP contribution in [0.15, 0.2) is 96.3 Å². The zero-order valence-corrected chi connectivity index (χ0v) is 27.4. The number of esters is 1. The second kappa shape index (κ2) is 14.5. The predicted molar refractivity (Wildman–Crippen MR) is 181 cm³/mol. The van der Waals surface area contributed by atoms with Gasteiger partial charge in [0.05, 0.1) is 56.8 Å². The highest BCUT2D eigenvalue weighted by Gasteiger charge is 2.41. The number of rotatable bonds is 10. The van der Waals surface area contributed by atoms with Gasteiger partial charge < -0.3 is 39.6 Å². The number of anilines is 3. The number of carbonyl (C=O) groups is 2.